The highest BCUT2D eigenvalue weighted by atomic mass is 35.5. The first-order chi connectivity index (χ1) is 12.5. The van der Waals surface area contributed by atoms with Crippen LogP contribution >= 0.6 is 11.6 Å². The molecule has 7 atom stereocenters. The number of hydrogen-bond donors (Lipinski definition) is 2. The summed E-state index contributed by atoms with van der Waals surface area (Å²) in [5, 5.41) is 20.5. The van der Waals surface area contributed by atoms with Crippen molar-refractivity contribution in [2.75, 3.05) is 6.61 Å². The standard InChI is InChI=1S/C21H24ClFO4/c1-18-7-5-13(25)9-12(18)3-4-15-14-6-8-20(27,17(26)11-24)19(14,2)10-16(23)21(15,18)22/h3-5,7,9,14-16,24,27H,6,8,10-11H2,1-2H3/t14-,15-,16?,18-,19-,20-,21-/m0/s1. The van der Waals surface area contributed by atoms with Crippen molar-refractivity contribution in [1.29, 1.82) is 0 Å². The highest BCUT2D eigenvalue weighted by Crippen LogP contribution is 2.69. The minimum atomic E-state index is -1.75. The van der Waals surface area contributed by atoms with Gasteiger partial charge in [-0.25, -0.2) is 4.39 Å². The van der Waals surface area contributed by atoms with Crippen molar-refractivity contribution in [3.05, 3.63) is 36.0 Å². The molecule has 4 nitrogen and oxygen atoms in total. The number of hydrogen-bond acceptors (Lipinski definition) is 4. The fraction of sp³-hybridized carbons (Fsp3) is 0.619. The number of rotatable bonds is 2. The van der Waals surface area contributed by atoms with Crippen LogP contribution in [0.2, 0.25) is 0 Å². The lowest BCUT2D eigenvalue weighted by molar-refractivity contribution is -0.164. The van der Waals surface area contributed by atoms with E-state index >= 15 is 4.39 Å². The van der Waals surface area contributed by atoms with Gasteiger partial charge in [-0.1, -0.05) is 32.1 Å². The van der Waals surface area contributed by atoms with E-state index in [0.29, 0.717) is 12.0 Å². The van der Waals surface area contributed by atoms with E-state index in [0.717, 1.165) is 0 Å². The van der Waals surface area contributed by atoms with E-state index in [1.807, 2.05) is 19.1 Å². The molecule has 0 bridgehead atoms. The zero-order valence-electron chi connectivity index (χ0n) is 15.4. The van der Waals surface area contributed by atoms with Crippen LogP contribution in [-0.2, 0) is 9.59 Å². The number of alkyl halides is 2. The van der Waals surface area contributed by atoms with Crippen molar-refractivity contribution in [1.82, 2.24) is 0 Å². The molecule has 0 amide bonds. The summed E-state index contributed by atoms with van der Waals surface area (Å²) >= 11 is 7.08. The van der Waals surface area contributed by atoms with Gasteiger partial charge >= 0.3 is 0 Å². The smallest absolute Gasteiger partial charge is 0.190 e. The van der Waals surface area contributed by atoms with Gasteiger partial charge in [0, 0.05) is 16.7 Å². The Bertz CT molecular complexity index is 819. The van der Waals surface area contributed by atoms with Gasteiger partial charge in [0.25, 0.3) is 0 Å². The number of carbonyl (C=O) groups is 2. The predicted molar refractivity (Wildman–Crippen MR) is 98.9 cm³/mol. The maximum absolute atomic E-state index is 15.8. The predicted octanol–water partition coefficient (Wildman–Crippen LogP) is 2.67. The van der Waals surface area contributed by atoms with Gasteiger partial charge in [0.05, 0.1) is 4.87 Å². The number of allylic oxidation sites excluding steroid dienone is 6. The van der Waals surface area contributed by atoms with Crippen molar-refractivity contribution in [3.8, 4) is 0 Å². The third-order valence-corrected chi connectivity index (χ3v) is 8.80. The molecule has 0 aliphatic heterocycles. The molecule has 27 heavy (non-hydrogen) atoms. The van der Waals surface area contributed by atoms with Gasteiger partial charge in [0.15, 0.2) is 11.6 Å². The molecule has 0 aromatic carbocycles. The Morgan fingerprint density at radius 1 is 1.37 bits per heavy atom. The fourth-order valence-corrected chi connectivity index (χ4v) is 6.68. The summed E-state index contributed by atoms with van der Waals surface area (Å²) in [7, 11) is 0. The molecule has 0 heterocycles. The lowest BCUT2D eigenvalue weighted by Gasteiger charge is -2.61. The molecular formula is C21H24ClFO4. The number of fused-ring (bicyclic) bond motifs is 5. The van der Waals surface area contributed by atoms with E-state index in [9.17, 15) is 19.8 Å². The molecular weight excluding hydrogens is 371 g/mol. The number of halogens is 2. The Labute approximate surface area is 162 Å². The summed E-state index contributed by atoms with van der Waals surface area (Å²) in [6.45, 7) is 2.82. The van der Waals surface area contributed by atoms with Crippen molar-refractivity contribution in [2.24, 2.45) is 22.7 Å². The largest absolute Gasteiger partial charge is 0.388 e. The van der Waals surface area contributed by atoms with E-state index in [1.54, 1.807) is 13.0 Å². The summed E-state index contributed by atoms with van der Waals surface area (Å²) in [6.07, 6.45) is 7.44. The molecule has 0 radical (unpaired) electrons. The van der Waals surface area contributed by atoms with Crippen LogP contribution in [0.4, 0.5) is 4.39 Å². The van der Waals surface area contributed by atoms with Crippen LogP contribution in [-0.4, -0.2) is 45.0 Å². The molecule has 2 fully saturated rings. The zero-order chi connectivity index (χ0) is 19.8. The molecule has 0 aromatic heterocycles. The molecule has 2 N–H and O–H groups in total. The number of aliphatic hydroxyl groups is 2. The van der Waals surface area contributed by atoms with Crippen LogP contribution in [0.15, 0.2) is 36.0 Å². The quantitative estimate of drug-likeness (QED) is 0.706. The Kier molecular flexibility index (Phi) is 3.96. The topological polar surface area (TPSA) is 74.6 Å². The van der Waals surface area contributed by atoms with Gasteiger partial charge in [0.1, 0.15) is 18.4 Å². The molecule has 2 saturated carbocycles. The molecule has 0 spiro atoms. The average Bonchev–Trinajstić information content (AvgIpc) is 2.88. The number of carbonyl (C=O) groups excluding carboxylic acids is 2. The van der Waals surface area contributed by atoms with E-state index in [2.05, 4.69) is 0 Å². The Hall–Kier alpha value is -1.30. The summed E-state index contributed by atoms with van der Waals surface area (Å²) in [4.78, 5) is 22.8. The van der Waals surface area contributed by atoms with Crippen molar-refractivity contribution in [3.63, 3.8) is 0 Å². The fourth-order valence-electron chi connectivity index (χ4n) is 6.20. The van der Waals surface area contributed by atoms with E-state index < -0.39 is 45.8 Å². The number of aliphatic hydroxyl groups excluding tert-OH is 1. The van der Waals surface area contributed by atoms with Crippen molar-refractivity contribution < 1.29 is 24.2 Å². The molecule has 6 heteroatoms. The molecule has 4 aliphatic carbocycles. The average molecular weight is 395 g/mol. The summed E-state index contributed by atoms with van der Waals surface area (Å²) in [6, 6.07) is 0. The highest BCUT2D eigenvalue weighted by molar-refractivity contribution is 6.26. The number of Topliss-reactive ketones (excluding diaryl/α,β-unsaturated/α-hetero) is 1. The minimum absolute atomic E-state index is 0.0710. The van der Waals surface area contributed by atoms with E-state index in [4.69, 9.17) is 11.6 Å². The Balaban J connectivity index is 1.86. The first-order valence-corrected chi connectivity index (χ1v) is 9.75. The first kappa shape index (κ1) is 19.0. The second-order valence-corrected chi connectivity index (χ2v) is 9.49. The lowest BCUT2D eigenvalue weighted by Crippen LogP contribution is -2.66. The van der Waals surface area contributed by atoms with Crippen LogP contribution in [0, 0.1) is 22.7 Å². The highest BCUT2D eigenvalue weighted by Gasteiger charge is 2.72. The maximum atomic E-state index is 15.8. The second kappa shape index (κ2) is 5.62. The Morgan fingerprint density at radius 2 is 2.07 bits per heavy atom. The van der Waals surface area contributed by atoms with Crippen molar-refractivity contribution in [2.45, 2.75) is 49.8 Å². The lowest BCUT2D eigenvalue weighted by atomic mass is 9.47. The van der Waals surface area contributed by atoms with Crippen LogP contribution in [0.3, 0.4) is 0 Å². The third kappa shape index (κ3) is 2.05. The SMILES string of the molecule is C[C@]12C=CC(=O)C=C1C=C[C@H]1[C@@H]3CC[C@](O)(C(=O)CO)[C@@]3(C)CC(F)[C@@]12Cl. The van der Waals surface area contributed by atoms with Crippen LogP contribution in [0.25, 0.3) is 0 Å². The zero-order valence-corrected chi connectivity index (χ0v) is 16.2. The van der Waals surface area contributed by atoms with Crippen LogP contribution in [0.1, 0.15) is 33.1 Å². The summed E-state index contributed by atoms with van der Waals surface area (Å²) in [5.41, 5.74) is -2.93. The molecule has 1 unspecified atom stereocenters. The minimum Gasteiger partial charge on any atom is -0.388 e. The third-order valence-electron chi connectivity index (χ3n) is 7.92. The normalized spacial score (nSPS) is 50.7. The number of ketones is 2. The van der Waals surface area contributed by atoms with E-state index in [-0.39, 0.29) is 24.5 Å². The molecule has 4 rings (SSSR count). The van der Waals surface area contributed by atoms with Gasteiger partial charge < -0.3 is 10.2 Å². The summed E-state index contributed by atoms with van der Waals surface area (Å²) in [5.74, 6) is -1.42. The molecule has 0 saturated heterocycles. The molecule has 146 valence electrons. The Morgan fingerprint density at radius 3 is 2.74 bits per heavy atom. The molecule has 4 aliphatic rings. The summed E-state index contributed by atoms with van der Waals surface area (Å²) < 4.78 is 15.8. The first-order valence-electron chi connectivity index (χ1n) is 9.38. The second-order valence-electron chi connectivity index (χ2n) is 8.87. The van der Waals surface area contributed by atoms with Gasteiger partial charge in [0.2, 0.25) is 0 Å². The van der Waals surface area contributed by atoms with Gasteiger partial charge in [-0.2, -0.15) is 0 Å². The monoisotopic (exact) mass is 394 g/mol. The van der Waals surface area contributed by atoms with Gasteiger partial charge in [-0.05, 0) is 42.9 Å². The van der Waals surface area contributed by atoms with Gasteiger partial charge in [-0.3, -0.25) is 9.59 Å². The maximum Gasteiger partial charge on any atom is 0.190 e. The van der Waals surface area contributed by atoms with Crippen molar-refractivity contribution >= 4 is 23.2 Å². The van der Waals surface area contributed by atoms with Gasteiger partial charge in [-0.15, -0.1) is 11.6 Å². The van der Waals surface area contributed by atoms with Crippen LogP contribution in [0.5, 0.6) is 0 Å². The molecule has 0 aromatic rings. The van der Waals surface area contributed by atoms with Crippen LogP contribution < -0.4 is 0 Å². The van der Waals surface area contributed by atoms with E-state index in [1.165, 1.54) is 12.2 Å².